The van der Waals surface area contributed by atoms with Crippen molar-refractivity contribution >= 4 is 27.3 Å². The first-order valence-corrected chi connectivity index (χ1v) is 6.48. The minimum absolute atomic E-state index is 0.261. The van der Waals surface area contributed by atoms with E-state index in [4.69, 9.17) is 5.73 Å². The molecule has 2 rings (SSSR count). The number of aromatic nitrogens is 1. The van der Waals surface area contributed by atoms with Gasteiger partial charge in [-0.15, -0.1) is 11.3 Å². The van der Waals surface area contributed by atoms with Gasteiger partial charge in [0.05, 0.1) is 11.3 Å². The van der Waals surface area contributed by atoms with Crippen LogP contribution in [0, 0.1) is 5.82 Å². The lowest BCUT2D eigenvalue weighted by Gasteiger charge is -2.01. The zero-order valence-corrected chi connectivity index (χ0v) is 10.8. The van der Waals surface area contributed by atoms with Crippen LogP contribution in [0.1, 0.15) is 5.69 Å². The molecule has 0 amide bonds. The van der Waals surface area contributed by atoms with Crippen molar-refractivity contribution in [3.05, 3.63) is 39.6 Å². The van der Waals surface area contributed by atoms with Crippen LogP contribution >= 0.6 is 27.3 Å². The number of rotatable bonds is 3. The van der Waals surface area contributed by atoms with Crippen LogP contribution in [-0.4, -0.2) is 11.5 Å². The summed E-state index contributed by atoms with van der Waals surface area (Å²) in [5.74, 6) is -0.261. The van der Waals surface area contributed by atoms with Crippen LogP contribution in [0.15, 0.2) is 28.1 Å². The van der Waals surface area contributed by atoms with E-state index in [2.05, 4.69) is 20.9 Å². The lowest BCUT2D eigenvalue weighted by atomic mass is 10.2. The number of thiazole rings is 1. The summed E-state index contributed by atoms with van der Waals surface area (Å²) in [5, 5.41) is 2.61. The predicted octanol–water partition coefficient (Wildman–Crippen LogP) is 3.21. The highest BCUT2D eigenvalue weighted by molar-refractivity contribution is 9.10. The normalized spacial score (nSPS) is 10.7. The van der Waals surface area contributed by atoms with Crippen molar-refractivity contribution < 1.29 is 4.39 Å². The molecule has 0 aliphatic carbocycles. The molecule has 0 saturated heterocycles. The van der Waals surface area contributed by atoms with E-state index in [1.807, 2.05) is 11.4 Å². The Bertz CT molecular complexity index is 478. The number of halogens is 2. The molecule has 0 fully saturated rings. The third kappa shape index (κ3) is 2.31. The van der Waals surface area contributed by atoms with E-state index >= 15 is 0 Å². The molecule has 1 aromatic carbocycles. The molecule has 0 saturated carbocycles. The van der Waals surface area contributed by atoms with E-state index in [0.717, 1.165) is 16.6 Å². The first-order chi connectivity index (χ1) is 7.72. The quantitative estimate of drug-likeness (QED) is 0.945. The topological polar surface area (TPSA) is 38.9 Å². The van der Waals surface area contributed by atoms with Crippen LogP contribution in [-0.2, 0) is 6.42 Å². The molecule has 0 bridgehead atoms. The first-order valence-electron chi connectivity index (χ1n) is 4.81. The molecule has 0 radical (unpaired) electrons. The van der Waals surface area contributed by atoms with Crippen molar-refractivity contribution in [2.75, 3.05) is 6.54 Å². The van der Waals surface area contributed by atoms with Gasteiger partial charge in [-0.2, -0.15) is 0 Å². The number of nitrogens with zero attached hydrogens (tertiary/aromatic N) is 1. The molecule has 1 heterocycles. The minimum atomic E-state index is -0.261. The van der Waals surface area contributed by atoms with Crippen molar-refractivity contribution in [2.24, 2.45) is 5.73 Å². The number of hydrogen-bond donors (Lipinski definition) is 1. The smallest absolute Gasteiger partial charge is 0.134 e. The maximum Gasteiger partial charge on any atom is 0.134 e. The second-order valence-corrected chi connectivity index (χ2v) is 4.99. The lowest BCUT2D eigenvalue weighted by molar-refractivity contribution is 0.630. The van der Waals surface area contributed by atoms with Gasteiger partial charge in [0.15, 0.2) is 0 Å². The summed E-state index contributed by atoms with van der Waals surface area (Å²) < 4.78 is 14.4. The van der Waals surface area contributed by atoms with E-state index in [0.29, 0.717) is 17.1 Å². The summed E-state index contributed by atoms with van der Waals surface area (Å²) in [7, 11) is 0. The van der Waals surface area contributed by atoms with Crippen molar-refractivity contribution in [1.29, 1.82) is 0 Å². The van der Waals surface area contributed by atoms with Crippen molar-refractivity contribution in [3.8, 4) is 10.6 Å². The van der Waals surface area contributed by atoms with Gasteiger partial charge >= 0.3 is 0 Å². The first kappa shape index (κ1) is 11.7. The molecule has 2 nitrogen and oxygen atoms in total. The molecule has 1 aromatic heterocycles. The summed E-state index contributed by atoms with van der Waals surface area (Å²) in [6.07, 6.45) is 0.725. The molecular weight excluding hydrogens is 291 g/mol. The van der Waals surface area contributed by atoms with Crippen molar-refractivity contribution in [1.82, 2.24) is 4.98 Å². The monoisotopic (exact) mass is 300 g/mol. The standard InChI is InChI=1S/C11H10BrFN2S/c12-8-2-1-3-9(13)10(8)11-15-7(4-5-14)6-16-11/h1-3,6H,4-5,14H2. The number of nitrogens with two attached hydrogens (primary N) is 1. The second kappa shape index (κ2) is 5.03. The molecule has 0 aliphatic rings. The third-order valence-electron chi connectivity index (χ3n) is 2.13. The van der Waals surface area contributed by atoms with E-state index in [1.165, 1.54) is 17.4 Å². The average Bonchev–Trinajstić information content (AvgIpc) is 2.67. The van der Waals surface area contributed by atoms with Gasteiger partial charge in [0.1, 0.15) is 10.8 Å². The van der Waals surface area contributed by atoms with E-state index in [9.17, 15) is 4.39 Å². The van der Waals surface area contributed by atoms with Crippen LogP contribution < -0.4 is 5.73 Å². The van der Waals surface area contributed by atoms with Gasteiger partial charge in [0.2, 0.25) is 0 Å². The van der Waals surface area contributed by atoms with Crippen LogP contribution in [0.3, 0.4) is 0 Å². The highest BCUT2D eigenvalue weighted by Crippen LogP contribution is 2.32. The largest absolute Gasteiger partial charge is 0.330 e. The molecule has 0 unspecified atom stereocenters. The summed E-state index contributed by atoms with van der Waals surface area (Å²) in [5.41, 5.74) is 6.89. The fraction of sp³-hybridized carbons (Fsp3) is 0.182. The van der Waals surface area contributed by atoms with Gasteiger partial charge in [0.25, 0.3) is 0 Å². The summed E-state index contributed by atoms with van der Waals surface area (Å²) in [4.78, 5) is 4.36. The van der Waals surface area contributed by atoms with Gasteiger partial charge in [-0.3, -0.25) is 0 Å². The third-order valence-corrected chi connectivity index (χ3v) is 3.70. The lowest BCUT2D eigenvalue weighted by Crippen LogP contribution is -2.02. The second-order valence-electron chi connectivity index (χ2n) is 3.28. The molecule has 84 valence electrons. The molecule has 2 aromatic rings. The van der Waals surface area contributed by atoms with Crippen molar-refractivity contribution in [2.45, 2.75) is 6.42 Å². The Labute approximate surface area is 105 Å². The Morgan fingerprint density at radius 3 is 2.94 bits per heavy atom. The molecule has 0 aliphatic heterocycles. The Morgan fingerprint density at radius 2 is 2.25 bits per heavy atom. The SMILES string of the molecule is NCCc1csc(-c2c(F)cccc2Br)n1. The number of benzene rings is 1. The molecule has 0 atom stereocenters. The summed E-state index contributed by atoms with van der Waals surface area (Å²) in [6, 6.07) is 4.91. The number of hydrogen-bond acceptors (Lipinski definition) is 3. The molecule has 5 heteroatoms. The highest BCUT2D eigenvalue weighted by atomic mass is 79.9. The van der Waals surface area contributed by atoms with Crippen molar-refractivity contribution in [3.63, 3.8) is 0 Å². The maximum atomic E-state index is 13.6. The van der Waals surface area contributed by atoms with Gasteiger partial charge < -0.3 is 5.73 Å². The Morgan fingerprint density at radius 1 is 1.44 bits per heavy atom. The average molecular weight is 301 g/mol. The molecular formula is C11H10BrFN2S. The zero-order chi connectivity index (χ0) is 11.5. The fourth-order valence-corrected chi connectivity index (χ4v) is 2.96. The summed E-state index contributed by atoms with van der Waals surface area (Å²) >= 11 is 4.77. The van der Waals surface area contributed by atoms with Gasteiger partial charge in [0, 0.05) is 16.3 Å². The van der Waals surface area contributed by atoms with E-state index in [1.54, 1.807) is 6.07 Å². The zero-order valence-electron chi connectivity index (χ0n) is 8.41. The van der Waals surface area contributed by atoms with Crippen LogP contribution in [0.2, 0.25) is 0 Å². The Balaban J connectivity index is 2.42. The molecule has 2 N–H and O–H groups in total. The van der Waals surface area contributed by atoms with Gasteiger partial charge in [-0.1, -0.05) is 6.07 Å². The molecule has 0 spiro atoms. The Kier molecular flexibility index (Phi) is 3.68. The van der Waals surface area contributed by atoms with Crippen LogP contribution in [0.25, 0.3) is 10.6 Å². The highest BCUT2D eigenvalue weighted by Gasteiger charge is 2.12. The van der Waals surface area contributed by atoms with E-state index in [-0.39, 0.29) is 5.82 Å². The molecule has 16 heavy (non-hydrogen) atoms. The summed E-state index contributed by atoms with van der Waals surface area (Å²) in [6.45, 7) is 0.557. The van der Waals surface area contributed by atoms with E-state index < -0.39 is 0 Å². The van der Waals surface area contributed by atoms with Gasteiger partial charge in [-0.25, -0.2) is 9.37 Å². The van der Waals surface area contributed by atoms with Crippen LogP contribution in [0.5, 0.6) is 0 Å². The van der Waals surface area contributed by atoms with Crippen LogP contribution in [0.4, 0.5) is 4.39 Å². The Hall–Kier alpha value is -0.780. The fourth-order valence-electron chi connectivity index (χ4n) is 1.39. The minimum Gasteiger partial charge on any atom is -0.330 e. The maximum absolute atomic E-state index is 13.6. The van der Waals surface area contributed by atoms with Gasteiger partial charge in [-0.05, 0) is 34.6 Å². The predicted molar refractivity (Wildman–Crippen MR) is 68.0 cm³/mol.